The van der Waals surface area contributed by atoms with Gasteiger partial charge < -0.3 is 25.2 Å². The number of nitrogen functional groups attached to an aromatic ring is 1. The van der Waals surface area contributed by atoms with Gasteiger partial charge in [0.2, 0.25) is 5.95 Å². The summed E-state index contributed by atoms with van der Waals surface area (Å²) in [5.74, 6) is -0.702. The molecule has 0 spiro atoms. The van der Waals surface area contributed by atoms with Crippen LogP contribution in [0.15, 0.2) is 29.8 Å². The van der Waals surface area contributed by atoms with Crippen molar-refractivity contribution in [3.05, 3.63) is 35.4 Å². The average molecular weight is 469 g/mol. The number of nitrogens with two attached hydrogens (primary N) is 1. The summed E-state index contributed by atoms with van der Waals surface area (Å²) in [6.45, 7) is 2.24. The zero-order valence-electron chi connectivity index (χ0n) is 17.1. The molecule has 4 rings (SSSR count). The fraction of sp³-hybridized carbons (Fsp3) is 0.529. The van der Waals surface area contributed by atoms with Crippen molar-refractivity contribution in [1.29, 1.82) is 0 Å². The van der Waals surface area contributed by atoms with Gasteiger partial charge in [0.1, 0.15) is 12.4 Å². The van der Waals surface area contributed by atoms with Gasteiger partial charge in [-0.3, -0.25) is 18.9 Å². The number of H-pyrrole nitrogens is 1. The molecular formula is C17H24N7O7P. The molecule has 0 aliphatic carbocycles. The maximum Gasteiger partial charge on any atom is 0.437 e. The Bertz CT molecular complexity index is 1160. The van der Waals surface area contributed by atoms with Gasteiger partial charge in [-0.15, -0.1) is 0 Å². The number of rotatable bonds is 9. The molecule has 14 nitrogen and oxygen atoms in total. The summed E-state index contributed by atoms with van der Waals surface area (Å²) in [5, 5.41) is 11.0. The predicted molar refractivity (Wildman–Crippen MR) is 110 cm³/mol. The Morgan fingerprint density at radius 2 is 2.19 bits per heavy atom. The number of aliphatic hydroxyl groups excluding tert-OH is 1. The monoisotopic (exact) mass is 469 g/mol. The molecule has 3 aromatic heterocycles. The van der Waals surface area contributed by atoms with Gasteiger partial charge in [-0.1, -0.05) is 6.92 Å². The highest BCUT2D eigenvalue weighted by Crippen LogP contribution is 2.45. The first kappa shape index (κ1) is 22.6. The average Bonchev–Trinajstić information content (AvgIpc) is 3.47. The number of fused-ring (bicyclic) bond motifs is 1. The Labute approximate surface area is 181 Å². The molecule has 1 aliphatic heterocycles. The smallest absolute Gasteiger partial charge is 0.388 e. The van der Waals surface area contributed by atoms with E-state index in [-0.39, 0.29) is 30.3 Å². The standard InChI is InChI=1S/C17H24N7O7P/c1-2-5-29-6-10-11(7-30-32(27,28)23-4-3-19-8-23)31-16(13(10)25)24-9-20-12-14(24)21-17(18)22-15(12)26/h3-4,8-11,13,16,25H,2,5-7H2,1H3,(H,27,28)(H3,18,21,22,26)/t10-,11-,13-,16-/m1/s1. The molecule has 1 saturated heterocycles. The van der Waals surface area contributed by atoms with Crippen LogP contribution in [0, 0.1) is 5.92 Å². The summed E-state index contributed by atoms with van der Waals surface area (Å²) >= 11 is 0. The molecule has 0 aromatic carbocycles. The normalized spacial score (nSPS) is 25.3. The third-order valence-corrected chi connectivity index (χ3v) is 6.40. The van der Waals surface area contributed by atoms with Crippen molar-refractivity contribution in [3.8, 4) is 0 Å². The van der Waals surface area contributed by atoms with Crippen molar-refractivity contribution in [3.63, 3.8) is 0 Å². The summed E-state index contributed by atoms with van der Waals surface area (Å²) in [6, 6.07) is 0. The molecule has 0 radical (unpaired) electrons. The van der Waals surface area contributed by atoms with Crippen LogP contribution in [0.5, 0.6) is 0 Å². The van der Waals surface area contributed by atoms with Crippen LogP contribution >= 0.6 is 7.75 Å². The molecular weight excluding hydrogens is 445 g/mol. The number of aromatic nitrogens is 6. The second kappa shape index (κ2) is 9.10. The second-order valence-corrected chi connectivity index (χ2v) is 9.00. The zero-order valence-corrected chi connectivity index (χ0v) is 18.0. The minimum Gasteiger partial charge on any atom is -0.388 e. The molecule has 5 N–H and O–H groups in total. The quantitative estimate of drug-likeness (QED) is 0.241. The number of nitrogens with zero attached hydrogens (tertiary/aromatic N) is 5. The molecule has 0 amide bonds. The number of hydrogen-bond acceptors (Lipinski definition) is 10. The summed E-state index contributed by atoms with van der Waals surface area (Å²) in [7, 11) is -4.20. The number of anilines is 1. The molecule has 1 aliphatic rings. The molecule has 4 heterocycles. The lowest BCUT2D eigenvalue weighted by Crippen LogP contribution is -2.32. The highest BCUT2D eigenvalue weighted by Gasteiger charge is 2.46. The third kappa shape index (κ3) is 4.33. The summed E-state index contributed by atoms with van der Waals surface area (Å²) in [6.07, 6.45) is 3.02. The van der Waals surface area contributed by atoms with E-state index in [9.17, 15) is 19.4 Å². The first-order valence-electron chi connectivity index (χ1n) is 9.91. The van der Waals surface area contributed by atoms with Crippen molar-refractivity contribution in [2.24, 2.45) is 5.92 Å². The Morgan fingerprint density at radius 1 is 1.38 bits per heavy atom. The molecule has 15 heteroatoms. The number of nitrogens with one attached hydrogen (secondary N) is 1. The zero-order chi connectivity index (χ0) is 22.9. The Kier molecular flexibility index (Phi) is 6.42. The molecule has 0 bridgehead atoms. The lowest BCUT2D eigenvalue weighted by Gasteiger charge is -2.21. The van der Waals surface area contributed by atoms with Crippen molar-refractivity contribution in [2.45, 2.75) is 31.8 Å². The molecule has 174 valence electrons. The van der Waals surface area contributed by atoms with Crippen LogP contribution < -0.4 is 11.3 Å². The van der Waals surface area contributed by atoms with Crippen molar-refractivity contribution in [2.75, 3.05) is 25.6 Å². The SMILES string of the molecule is CCCOC[C@H]1[C@@H](O)[C@H](n2cnc3c(=O)[nH]c(N)nc32)O[C@@H]1COP(=O)(O)n1ccnc1. The van der Waals surface area contributed by atoms with E-state index in [2.05, 4.69) is 19.9 Å². The van der Waals surface area contributed by atoms with Crippen LogP contribution in [0.2, 0.25) is 0 Å². The first-order valence-corrected chi connectivity index (χ1v) is 11.4. The van der Waals surface area contributed by atoms with Crippen LogP contribution in [0.4, 0.5) is 5.95 Å². The fourth-order valence-corrected chi connectivity index (χ4v) is 4.42. The first-order chi connectivity index (χ1) is 15.3. The molecule has 0 saturated carbocycles. The second-order valence-electron chi connectivity index (χ2n) is 7.30. The van der Waals surface area contributed by atoms with E-state index in [4.69, 9.17) is 19.7 Å². The molecule has 1 fully saturated rings. The van der Waals surface area contributed by atoms with Gasteiger partial charge in [0.05, 0.1) is 25.6 Å². The molecule has 5 atom stereocenters. The van der Waals surface area contributed by atoms with Crippen molar-refractivity contribution < 1.29 is 28.6 Å². The minimum atomic E-state index is -4.20. The summed E-state index contributed by atoms with van der Waals surface area (Å²) in [4.78, 5) is 36.5. The van der Waals surface area contributed by atoms with Gasteiger partial charge in [0.15, 0.2) is 17.4 Å². The van der Waals surface area contributed by atoms with Crippen molar-refractivity contribution in [1.82, 2.24) is 28.8 Å². The number of imidazole rings is 2. The Morgan fingerprint density at radius 3 is 2.91 bits per heavy atom. The van der Waals surface area contributed by atoms with Crippen LogP contribution in [0.1, 0.15) is 19.6 Å². The summed E-state index contributed by atoms with van der Waals surface area (Å²) in [5.41, 5.74) is 5.29. The number of hydrogen-bond donors (Lipinski definition) is 4. The largest absolute Gasteiger partial charge is 0.437 e. The Balaban J connectivity index is 1.59. The van der Waals surface area contributed by atoms with Gasteiger partial charge in [0, 0.05) is 24.9 Å². The van der Waals surface area contributed by atoms with E-state index in [1.165, 1.54) is 29.6 Å². The van der Waals surface area contributed by atoms with Gasteiger partial charge in [-0.2, -0.15) is 4.98 Å². The molecule has 3 aromatic rings. The number of ether oxygens (including phenoxy) is 2. The van der Waals surface area contributed by atoms with E-state index in [1.807, 2.05) is 6.92 Å². The fourth-order valence-electron chi connectivity index (χ4n) is 3.52. The topological polar surface area (TPSA) is 193 Å². The number of aliphatic hydroxyl groups is 1. The van der Waals surface area contributed by atoms with Gasteiger partial charge >= 0.3 is 7.75 Å². The van der Waals surface area contributed by atoms with E-state index in [0.29, 0.717) is 6.61 Å². The van der Waals surface area contributed by atoms with Gasteiger partial charge in [0.25, 0.3) is 5.56 Å². The molecule has 1 unspecified atom stereocenters. The summed E-state index contributed by atoms with van der Waals surface area (Å²) < 4.78 is 31.7. The Hall–Kier alpha value is -2.61. The van der Waals surface area contributed by atoms with E-state index >= 15 is 0 Å². The highest BCUT2D eigenvalue weighted by molar-refractivity contribution is 7.51. The van der Waals surface area contributed by atoms with E-state index in [1.54, 1.807) is 0 Å². The van der Waals surface area contributed by atoms with Crippen LogP contribution in [0.3, 0.4) is 0 Å². The third-order valence-electron chi connectivity index (χ3n) is 5.10. The van der Waals surface area contributed by atoms with E-state index in [0.717, 1.165) is 10.8 Å². The molecule has 32 heavy (non-hydrogen) atoms. The highest BCUT2D eigenvalue weighted by atomic mass is 31.2. The predicted octanol–water partition coefficient (Wildman–Crippen LogP) is -0.135. The van der Waals surface area contributed by atoms with Crippen molar-refractivity contribution >= 4 is 24.9 Å². The maximum atomic E-state index is 12.5. The van der Waals surface area contributed by atoms with Crippen LogP contribution in [-0.2, 0) is 18.6 Å². The van der Waals surface area contributed by atoms with Gasteiger partial charge in [-0.05, 0) is 6.42 Å². The van der Waals surface area contributed by atoms with E-state index < -0.39 is 37.7 Å². The lowest BCUT2D eigenvalue weighted by atomic mass is 9.99. The minimum absolute atomic E-state index is 0.0356. The lowest BCUT2D eigenvalue weighted by molar-refractivity contribution is -0.0479. The number of aromatic amines is 1. The van der Waals surface area contributed by atoms with Crippen LogP contribution in [0.25, 0.3) is 11.2 Å². The van der Waals surface area contributed by atoms with Crippen LogP contribution in [-0.4, -0.2) is 70.9 Å². The maximum absolute atomic E-state index is 12.5. The van der Waals surface area contributed by atoms with Gasteiger partial charge in [-0.25, -0.2) is 18.9 Å².